The summed E-state index contributed by atoms with van der Waals surface area (Å²) in [4.78, 5) is 30.9. The number of rotatable bonds is 7. The highest BCUT2D eigenvalue weighted by Gasteiger charge is 2.14. The van der Waals surface area contributed by atoms with Gasteiger partial charge in [0.2, 0.25) is 0 Å². The predicted octanol–water partition coefficient (Wildman–Crippen LogP) is 3.12. The van der Waals surface area contributed by atoms with E-state index in [0.29, 0.717) is 23.6 Å². The summed E-state index contributed by atoms with van der Waals surface area (Å²) in [5.74, 6) is 0.656. The van der Waals surface area contributed by atoms with E-state index in [2.05, 4.69) is 20.5 Å². The maximum Gasteiger partial charge on any atom is 0.336 e. The van der Waals surface area contributed by atoms with Gasteiger partial charge in [-0.25, -0.2) is 9.78 Å². The predicted molar refractivity (Wildman–Crippen MR) is 129 cm³/mol. The molecule has 0 aliphatic carbocycles. The van der Waals surface area contributed by atoms with Crippen molar-refractivity contribution in [1.29, 1.82) is 0 Å². The van der Waals surface area contributed by atoms with E-state index in [9.17, 15) is 9.59 Å². The molecule has 4 rings (SSSR count). The lowest BCUT2D eigenvalue weighted by Crippen LogP contribution is -2.43. The zero-order valence-corrected chi connectivity index (χ0v) is 18.9. The maximum absolute atomic E-state index is 12.5. The molecule has 0 bridgehead atoms. The lowest BCUT2D eigenvalue weighted by molar-refractivity contribution is -0.118. The van der Waals surface area contributed by atoms with Crippen molar-refractivity contribution in [3.05, 3.63) is 70.2 Å². The van der Waals surface area contributed by atoms with Gasteiger partial charge >= 0.3 is 5.63 Å². The van der Waals surface area contributed by atoms with Crippen molar-refractivity contribution in [2.24, 2.45) is 0 Å². The van der Waals surface area contributed by atoms with Crippen LogP contribution < -0.4 is 25.9 Å². The van der Waals surface area contributed by atoms with E-state index >= 15 is 0 Å². The van der Waals surface area contributed by atoms with Crippen LogP contribution >= 0.6 is 0 Å². The Kier molecular flexibility index (Phi) is 7.04. The number of nitrogens with one attached hydrogen (secondary N) is 2. The monoisotopic (exact) mass is 448 g/mol. The molecule has 1 aliphatic rings. The van der Waals surface area contributed by atoms with Crippen molar-refractivity contribution < 1.29 is 13.9 Å². The van der Waals surface area contributed by atoms with E-state index in [1.165, 1.54) is 6.07 Å². The lowest BCUT2D eigenvalue weighted by atomic mass is 10.1. The number of piperazine rings is 1. The van der Waals surface area contributed by atoms with Gasteiger partial charge in [0, 0.05) is 43.2 Å². The number of allylic oxidation sites excluding steroid dienone is 2. The molecule has 1 amide bonds. The summed E-state index contributed by atoms with van der Waals surface area (Å²) in [5, 5.41) is 6.89. The summed E-state index contributed by atoms with van der Waals surface area (Å²) in [6.45, 7) is 7.56. The Bertz CT molecular complexity index is 1210. The van der Waals surface area contributed by atoms with Crippen LogP contribution in [0.2, 0.25) is 0 Å². The molecular weight excluding hydrogens is 420 g/mol. The number of benzene rings is 1. The number of fused-ring (bicyclic) bond motifs is 1. The van der Waals surface area contributed by atoms with Crippen LogP contribution in [0.25, 0.3) is 11.0 Å². The first kappa shape index (κ1) is 22.5. The minimum atomic E-state index is -0.425. The number of pyridine rings is 1. The number of amides is 1. The van der Waals surface area contributed by atoms with Crippen molar-refractivity contribution >= 4 is 28.4 Å². The van der Waals surface area contributed by atoms with Crippen LogP contribution in [0.15, 0.2) is 63.5 Å². The quantitative estimate of drug-likeness (QED) is 0.423. The molecule has 2 aromatic heterocycles. The van der Waals surface area contributed by atoms with Gasteiger partial charge in [0.05, 0.1) is 11.9 Å². The van der Waals surface area contributed by atoms with E-state index in [4.69, 9.17) is 9.15 Å². The fourth-order valence-corrected chi connectivity index (χ4v) is 3.70. The highest BCUT2D eigenvalue weighted by atomic mass is 16.5. The molecule has 3 heterocycles. The Balaban J connectivity index is 1.44. The molecule has 8 heteroatoms. The molecule has 2 N–H and O–H groups in total. The SMILES string of the molecule is CC(C)=CCc1c(OCC(=O)Nc2ccc(N3CCNCC3)cn2)ccc2ccc(=O)oc12. The first-order valence-electron chi connectivity index (χ1n) is 11.0. The van der Waals surface area contributed by atoms with Crippen molar-refractivity contribution in [3.63, 3.8) is 0 Å². The van der Waals surface area contributed by atoms with E-state index < -0.39 is 5.63 Å². The van der Waals surface area contributed by atoms with Crippen LogP contribution in [0.3, 0.4) is 0 Å². The molecule has 0 spiro atoms. The topological polar surface area (TPSA) is 96.7 Å². The number of ether oxygens (including phenoxy) is 1. The van der Waals surface area contributed by atoms with E-state index in [0.717, 1.165) is 48.4 Å². The number of hydrogen-bond donors (Lipinski definition) is 2. The van der Waals surface area contributed by atoms with Crippen LogP contribution in [0, 0.1) is 0 Å². The molecule has 3 aromatic rings. The molecule has 1 aromatic carbocycles. The second kappa shape index (κ2) is 10.3. The van der Waals surface area contributed by atoms with Crippen LogP contribution in [0.1, 0.15) is 19.4 Å². The molecule has 1 aliphatic heterocycles. The van der Waals surface area contributed by atoms with Gasteiger partial charge < -0.3 is 24.7 Å². The standard InChI is InChI=1S/C25H28N4O4/c1-17(2)3-7-20-21(8-4-18-5-10-24(31)33-25(18)20)32-16-23(30)28-22-9-6-19(15-27-22)29-13-11-26-12-14-29/h3-6,8-10,15,26H,7,11-14,16H2,1-2H3,(H,27,28,30). The van der Waals surface area contributed by atoms with Crippen LogP contribution in [0.4, 0.5) is 11.5 Å². The zero-order chi connectivity index (χ0) is 23.2. The number of carbonyl (C=O) groups is 1. The Morgan fingerprint density at radius 2 is 1.97 bits per heavy atom. The largest absolute Gasteiger partial charge is 0.483 e. The Morgan fingerprint density at radius 1 is 1.18 bits per heavy atom. The average molecular weight is 449 g/mol. The average Bonchev–Trinajstić information content (AvgIpc) is 2.82. The van der Waals surface area contributed by atoms with E-state index in [1.54, 1.807) is 24.4 Å². The zero-order valence-electron chi connectivity index (χ0n) is 18.9. The summed E-state index contributed by atoms with van der Waals surface area (Å²) in [7, 11) is 0. The molecule has 1 fully saturated rings. The summed E-state index contributed by atoms with van der Waals surface area (Å²) in [6, 6.07) is 10.5. The van der Waals surface area contributed by atoms with Gasteiger partial charge in [0.25, 0.3) is 5.91 Å². The van der Waals surface area contributed by atoms with Crippen molar-refractivity contribution in [2.45, 2.75) is 20.3 Å². The molecule has 0 radical (unpaired) electrons. The van der Waals surface area contributed by atoms with Crippen molar-refractivity contribution in [3.8, 4) is 5.75 Å². The van der Waals surface area contributed by atoms with Crippen molar-refractivity contribution in [1.82, 2.24) is 10.3 Å². The maximum atomic E-state index is 12.5. The van der Waals surface area contributed by atoms with Gasteiger partial charge in [-0.05, 0) is 50.6 Å². The Hall–Kier alpha value is -3.65. The minimum absolute atomic E-state index is 0.189. The molecule has 0 unspecified atom stereocenters. The van der Waals surface area contributed by atoms with Gasteiger partial charge in [-0.2, -0.15) is 0 Å². The second-order valence-electron chi connectivity index (χ2n) is 8.18. The molecule has 33 heavy (non-hydrogen) atoms. The first-order valence-corrected chi connectivity index (χ1v) is 11.0. The van der Waals surface area contributed by atoms with Gasteiger partial charge in [0.1, 0.15) is 17.2 Å². The van der Waals surface area contributed by atoms with Crippen molar-refractivity contribution in [2.75, 3.05) is 43.0 Å². The summed E-state index contributed by atoms with van der Waals surface area (Å²) < 4.78 is 11.3. The molecule has 0 atom stereocenters. The third-order valence-electron chi connectivity index (χ3n) is 5.42. The third-order valence-corrected chi connectivity index (χ3v) is 5.42. The highest BCUT2D eigenvalue weighted by Crippen LogP contribution is 2.28. The first-order chi connectivity index (χ1) is 16.0. The number of anilines is 2. The molecule has 172 valence electrons. The number of nitrogens with zero attached hydrogens (tertiary/aromatic N) is 2. The Morgan fingerprint density at radius 3 is 2.70 bits per heavy atom. The molecule has 1 saturated heterocycles. The summed E-state index contributed by atoms with van der Waals surface area (Å²) in [5.41, 5.74) is 2.95. The van der Waals surface area contributed by atoms with Crippen LogP contribution in [0.5, 0.6) is 5.75 Å². The number of carbonyl (C=O) groups excluding carboxylic acids is 1. The van der Waals surface area contributed by atoms with Crippen LogP contribution in [-0.4, -0.2) is 43.7 Å². The van der Waals surface area contributed by atoms with E-state index in [1.807, 2.05) is 32.1 Å². The smallest absolute Gasteiger partial charge is 0.336 e. The molecule has 8 nitrogen and oxygen atoms in total. The number of aromatic nitrogens is 1. The van der Waals surface area contributed by atoms with Gasteiger partial charge in [-0.1, -0.05) is 11.6 Å². The minimum Gasteiger partial charge on any atom is -0.483 e. The third kappa shape index (κ3) is 5.78. The van der Waals surface area contributed by atoms with Gasteiger partial charge in [-0.15, -0.1) is 0 Å². The van der Waals surface area contributed by atoms with Gasteiger partial charge in [0.15, 0.2) is 6.61 Å². The van der Waals surface area contributed by atoms with E-state index in [-0.39, 0.29) is 12.5 Å². The summed E-state index contributed by atoms with van der Waals surface area (Å²) >= 11 is 0. The fraction of sp³-hybridized carbons (Fsp3) is 0.320. The van der Waals surface area contributed by atoms with Crippen LogP contribution in [-0.2, 0) is 11.2 Å². The van der Waals surface area contributed by atoms with Gasteiger partial charge in [-0.3, -0.25) is 4.79 Å². The molecular formula is C25H28N4O4. The fourth-order valence-electron chi connectivity index (χ4n) is 3.70. The highest BCUT2D eigenvalue weighted by molar-refractivity contribution is 5.91. The summed E-state index contributed by atoms with van der Waals surface area (Å²) in [6.07, 6.45) is 4.32. The molecule has 0 saturated carbocycles. The lowest BCUT2D eigenvalue weighted by Gasteiger charge is -2.29. The Labute approximate surface area is 192 Å². The number of hydrogen-bond acceptors (Lipinski definition) is 7. The normalized spacial score (nSPS) is 13.6. The second-order valence-corrected chi connectivity index (χ2v) is 8.18.